The maximum Gasteiger partial charge on any atom is 0.257 e. The number of alkyl halides is 1. The summed E-state index contributed by atoms with van der Waals surface area (Å²) in [5.41, 5.74) is 0.621. The van der Waals surface area contributed by atoms with E-state index in [1.165, 1.54) is 0 Å². The zero-order valence-corrected chi connectivity index (χ0v) is 13.7. The third-order valence-corrected chi connectivity index (χ3v) is 4.92. The van der Waals surface area contributed by atoms with Crippen LogP contribution in [0.4, 0.5) is 4.39 Å². The number of carbonyl (C=O) groups is 2. The van der Waals surface area contributed by atoms with E-state index in [1.54, 1.807) is 13.0 Å². The molecule has 6 heteroatoms. The van der Waals surface area contributed by atoms with Crippen LogP contribution in [0.5, 0.6) is 0 Å². The van der Waals surface area contributed by atoms with Crippen molar-refractivity contribution < 1.29 is 18.4 Å². The van der Waals surface area contributed by atoms with Gasteiger partial charge in [-0.1, -0.05) is 0 Å². The number of furan rings is 1. The Morgan fingerprint density at radius 3 is 2.57 bits per heavy atom. The lowest BCUT2D eigenvalue weighted by Gasteiger charge is -2.36. The fourth-order valence-electron chi connectivity index (χ4n) is 3.66. The average Bonchev–Trinajstić information content (AvgIpc) is 3.08. The summed E-state index contributed by atoms with van der Waals surface area (Å²) in [5.74, 6) is 1.28. The number of hydrogen-bond donors (Lipinski definition) is 0. The van der Waals surface area contributed by atoms with E-state index >= 15 is 0 Å². The summed E-state index contributed by atoms with van der Waals surface area (Å²) >= 11 is 0. The Labute approximate surface area is 135 Å². The number of nitrogens with zero attached hydrogens (tertiary/aromatic N) is 2. The molecule has 0 spiro atoms. The molecule has 23 heavy (non-hydrogen) atoms. The Hall–Kier alpha value is -1.85. The van der Waals surface area contributed by atoms with Crippen LogP contribution < -0.4 is 0 Å². The molecule has 126 valence electrons. The molecule has 5 nitrogen and oxygen atoms in total. The van der Waals surface area contributed by atoms with Crippen LogP contribution >= 0.6 is 0 Å². The van der Waals surface area contributed by atoms with Gasteiger partial charge in [-0.25, -0.2) is 0 Å². The van der Waals surface area contributed by atoms with Crippen LogP contribution in [0.1, 0.15) is 41.1 Å². The van der Waals surface area contributed by atoms with Gasteiger partial charge in [-0.2, -0.15) is 0 Å². The Morgan fingerprint density at radius 2 is 2.04 bits per heavy atom. The van der Waals surface area contributed by atoms with Crippen LogP contribution in [0.3, 0.4) is 0 Å². The first-order valence-corrected chi connectivity index (χ1v) is 8.21. The molecule has 0 bridgehead atoms. The number of likely N-dealkylation sites (tertiary alicyclic amines) is 2. The predicted molar refractivity (Wildman–Crippen MR) is 82.9 cm³/mol. The Morgan fingerprint density at radius 1 is 1.35 bits per heavy atom. The molecule has 2 fully saturated rings. The first-order valence-electron chi connectivity index (χ1n) is 8.21. The number of aryl methyl sites for hydroxylation is 2. The van der Waals surface area contributed by atoms with Gasteiger partial charge in [0.15, 0.2) is 0 Å². The van der Waals surface area contributed by atoms with Crippen LogP contribution in [-0.4, -0.2) is 54.0 Å². The van der Waals surface area contributed by atoms with Crippen molar-refractivity contribution in [1.29, 1.82) is 0 Å². The molecular formula is C17H23FN2O3. The van der Waals surface area contributed by atoms with Crippen LogP contribution in [0.15, 0.2) is 10.5 Å². The summed E-state index contributed by atoms with van der Waals surface area (Å²) in [7, 11) is 0. The highest BCUT2D eigenvalue weighted by Gasteiger charge is 2.36. The largest absolute Gasteiger partial charge is 0.466 e. The molecule has 0 aromatic carbocycles. The van der Waals surface area contributed by atoms with Gasteiger partial charge < -0.3 is 14.2 Å². The first-order chi connectivity index (χ1) is 11.0. The molecule has 1 unspecified atom stereocenters. The molecule has 0 saturated carbocycles. The molecule has 1 aromatic rings. The van der Waals surface area contributed by atoms with E-state index in [0.29, 0.717) is 37.4 Å². The number of carbonyl (C=O) groups excluding carboxylic acids is 2. The van der Waals surface area contributed by atoms with Crippen LogP contribution in [0.25, 0.3) is 0 Å². The highest BCUT2D eigenvalue weighted by molar-refractivity contribution is 5.95. The minimum absolute atomic E-state index is 0.00724. The molecule has 2 aliphatic heterocycles. The van der Waals surface area contributed by atoms with E-state index in [0.717, 1.165) is 18.6 Å². The van der Waals surface area contributed by atoms with Crippen molar-refractivity contribution in [3.8, 4) is 0 Å². The summed E-state index contributed by atoms with van der Waals surface area (Å²) in [6.45, 7) is 4.96. The van der Waals surface area contributed by atoms with Crippen molar-refractivity contribution in [2.75, 3.05) is 26.3 Å². The third kappa shape index (κ3) is 3.12. The molecule has 0 radical (unpaired) electrons. The third-order valence-electron chi connectivity index (χ3n) is 4.92. The molecule has 0 aliphatic carbocycles. The summed E-state index contributed by atoms with van der Waals surface area (Å²) in [6.07, 6.45) is 1.84. The standard InChI is InChI=1S/C17H23FN2O3/c1-11-7-15(12(2)23-11)17(22)19-5-3-14(4-6-19)20-10-13(9-18)8-16(20)21/h7,13-14H,3-6,8-10H2,1-2H3. The second kappa shape index (κ2) is 6.34. The Kier molecular flexibility index (Phi) is 4.41. The van der Waals surface area contributed by atoms with Crippen LogP contribution in [0, 0.1) is 19.8 Å². The second-order valence-electron chi connectivity index (χ2n) is 6.62. The van der Waals surface area contributed by atoms with Crippen molar-refractivity contribution in [2.24, 2.45) is 5.92 Å². The lowest BCUT2D eigenvalue weighted by molar-refractivity contribution is -0.130. The lowest BCUT2D eigenvalue weighted by Crippen LogP contribution is -2.47. The molecule has 3 rings (SSSR count). The van der Waals surface area contributed by atoms with E-state index in [-0.39, 0.29) is 23.8 Å². The monoisotopic (exact) mass is 322 g/mol. The minimum atomic E-state index is -0.432. The van der Waals surface area contributed by atoms with Crippen molar-refractivity contribution in [2.45, 2.75) is 39.2 Å². The number of hydrogen-bond acceptors (Lipinski definition) is 3. The van der Waals surface area contributed by atoms with Crippen LogP contribution in [0.2, 0.25) is 0 Å². The van der Waals surface area contributed by atoms with Gasteiger partial charge in [0.1, 0.15) is 11.5 Å². The quantitative estimate of drug-likeness (QED) is 0.858. The van der Waals surface area contributed by atoms with E-state index in [1.807, 2.05) is 16.7 Å². The smallest absolute Gasteiger partial charge is 0.257 e. The summed E-state index contributed by atoms with van der Waals surface area (Å²) in [4.78, 5) is 28.2. The second-order valence-corrected chi connectivity index (χ2v) is 6.62. The zero-order chi connectivity index (χ0) is 16.6. The predicted octanol–water partition coefficient (Wildman–Crippen LogP) is 2.32. The normalized spacial score (nSPS) is 22.9. The number of amides is 2. The van der Waals surface area contributed by atoms with Crippen molar-refractivity contribution in [3.05, 3.63) is 23.2 Å². The highest BCUT2D eigenvalue weighted by Crippen LogP contribution is 2.27. The van der Waals surface area contributed by atoms with Gasteiger partial charge in [0.2, 0.25) is 5.91 Å². The molecule has 1 aromatic heterocycles. The van der Waals surface area contributed by atoms with Gasteiger partial charge in [0.05, 0.1) is 12.2 Å². The lowest BCUT2D eigenvalue weighted by atomic mass is 10.0. The van der Waals surface area contributed by atoms with Gasteiger partial charge in [0.25, 0.3) is 5.91 Å². The molecular weight excluding hydrogens is 299 g/mol. The van der Waals surface area contributed by atoms with Gasteiger partial charge in [-0.3, -0.25) is 14.0 Å². The molecule has 0 N–H and O–H groups in total. The van der Waals surface area contributed by atoms with E-state index in [4.69, 9.17) is 4.42 Å². The van der Waals surface area contributed by atoms with E-state index in [2.05, 4.69) is 0 Å². The Balaban J connectivity index is 1.59. The average molecular weight is 322 g/mol. The molecule has 2 saturated heterocycles. The van der Waals surface area contributed by atoms with Gasteiger partial charge in [-0.05, 0) is 32.8 Å². The number of halogens is 1. The number of rotatable bonds is 3. The van der Waals surface area contributed by atoms with Crippen molar-refractivity contribution in [3.63, 3.8) is 0 Å². The van der Waals surface area contributed by atoms with E-state index < -0.39 is 6.67 Å². The number of piperidine rings is 1. The maximum absolute atomic E-state index is 12.8. The minimum Gasteiger partial charge on any atom is -0.466 e. The highest BCUT2D eigenvalue weighted by atomic mass is 19.1. The van der Waals surface area contributed by atoms with Gasteiger partial charge in [0, 0.05) is 38.0 Å². The van der Waals surface area contributed by atoms with Crippen LogP contribution in [-0.2, 0) is 4.79 Å². The summed E-state index contributed by atoms with van der Waals surface area (Å²) < 4.78 is 18.2. The fraction of sp³-hybridized carbons (Fsp3) is 0.647. The summed E-state index contributed by atoms with van der Waals surface area (Å²) in [5, 5.41) is 0. The van der Waals surface area contributed by atoms with E-state index in [9.17, 15) is 14.0 Å². The molecule has 1 atom stereocenters. The molecule has 2 aliphatic rings. The van der Waals surface area contributed by atoms with Gasteiger partial charge >= 0.3 is 0 Å². The van der Waals surface area contributed by atoms with Crippen molar-refractivity contribution in [1.82, 2.24) is 9.80 Å². The summed E-state index contributed by atoms with van der Waals surface area (Å²) in [6, 6.07) is 1.91. The van der Waals surface area contributed by atoms with Crippen molar-refractivity contribution >= 4 is 11.8 Å². The SMILES string of the molecule is Cc1cc(C(=O)N2CCC(N3CC(CF)CC3=O)CC2)c(C)o1. The molecule has 3 heterocycles. The first kappa shape index (κ1) is 16.0. The zero-order valence-electron chi connectivity index (χ0n) is 13.7. The molecule has 2 amide bonds. The maximum atomic E-state index is 12.8. The Bertz CT molecular complexity index is 605. The topological polar surface area (TPSA) is 53.8 Å². The fourth-order valence-corrected chi connectivity index (χ4v) is 3.66. The van der Waals surface area contributed by atoms with Gasteiger partial charge in [-0.15, -0.1) is 0 Å².